The first kappa shape index (κ1) is 22.9. The molecule has 2 aromatic rings. The fourth-order valence-electron chi connectivity index (χ4n) is 3.27. The third-order valence-corrected chi connectivity index (χ3v) is 5.26. The molecule has 2 amide bonds. The van der Waals surface area contributed by atoms with E-state index in [1.807, 2.05) is 0 Å². The molecule has 164 valence electrons. The zero-order valence-electron chi connectivity index (χ0n) is 16.8. The third-order valence-electron chi connectivity index (χ3n) is 4.76. The van der Waals surface area contributed by atoms with Crippen LogP contribution in [0.15, 0.2) is 35.5 Å². The minimum Gasteiger partial charge on any atom is -0.383 e. The monoisotopic (exact) mass is 467 g/mol. The summed E-state index contributed by atoms with van der Waals surface area (Å²) in [5.74, 6) is -1.81. The molecule has 31 heavy (non-hydrogen) atoms. The van der Waals surface area contributed by atoms with E-state index in [0.717, 1.165) is 0 Å². The molecule has 3 rings (SSSR count). The van der Waals surface area contributed by atoms with Gasteiger partial charge in [-0.05, 0) is 31.2 Å². The summed E-state index contributed by atoms with van der Waals surface area (Å²) >= 11 is 11.8. The second-order valence-electron chi connectivity index (χ2n) is 7.12. The lowest BCUT2D eigenvalue weighted by Gasteiger charge is -2.37. The molecule has 1 aliphatic rings. The number of nitrogens with one attached hydrogen (secondary N) is 1. The first-order valence-electron chi connectivity index (χ1n) is 9.20. The number of aliphatic imine (C=N–C) groups is 1. The molecule has 1 aromatic heterocycles. The summed E-state index contributed by atoms with van der Waals surface area (Å²) in [6.45, 7) is 2.32. The maximum atomic E-state index is 14.8. The molecule has 0 fully saturated rings. The molecule has 0 radical (unpaired) electrons. The van der Waals surface area contributed by atoms with Crippen molar-refractivity contribution in [1.82, 2.24) is 9.88 Å². The smallest absolute Gasteiger partial charge is 0.288 e. The van der Waals surface area contributed by atoms with Gasteiger partial charge in [0.15, 0.2) is 5.84 Å². The largest absolute Gasteiger partial charge is 0.383 e. The summed E-state index contributed by atoms with van der Waals surface area (Å²) in [7, 11) is 1.51. The van der Waals surface area contributed by atoms with Gasteiger partial charge >= 0.3 is 0 Å². The first-order chi connectivity index (χ1) is 14.6. The van der Waals surface area contributed by atoms with E-state index in [-0.39, 0.29) is 35.2 Å². The Hall–Kier alpha value is -2.75. The first-order valence-corrected chi connectivity index (χ1v) is 9.96. The summed E-state index contributed by atoms with van der Waals surface area (Å²) < 4.78 is 19.8. The van der Waals surface area contributed by atoms with Crippen molar-refractivity contribution in [3.63, 3.8) is 0 Å². The van der Waals surface area contributed by atoms with E-state index in [2.05, 4.69) is 15.3 Å². The summed E-state index contributed by atoms with van der Waals surface area (Å²) in [6.07, 6.45) is 1.30. The maximum absolute atomic E-state index is 14.8. The topological polar surface area (TPSA) is 110 Å². The number of carbonyl (C=O) groups is 2. The summed E-state index contributed by atoms with van der Waals surface area (Å²) in [5, 5.41) is 3.00. The second-order valence-corrected chi connectivity index (χ2v) is 7.97. The van der Waals surface area contributed by atoms with Crippen LogP contribution in [-0.2, 0) is 15.1 Å². The van der Waals surface area contributed by atoms with Crippen LogP contribution in [0.2, 0.25) is 10.0 Å². The van der Waals surface area contributed by atoms with Crippen LogP contribution in [0.3, 0.4) is 0 Å². The Balaban J connectivity index is 1.91. The minimum atomic E-state index is -1.16. The van der Waals surface area contributed by atoms with Crippen molar-refractivity contribution in [2.45, 2.75) is 12.5 Å². The number of benzene rings is 1. The fraction of sp³-hybridized carbons (Fsp3) is 0.300. The number of hydrogen-bond acceptors (Lipinski definition) is 6. The molecule has 1 unspecified atom stereocenters. The molecule has 0 spiro atoms. The Kier molecular flexibility index (Phi) is 6.78. The molecule has 3 N–H and O–H groups in total. The number of ether oxygens (including phenoxy) is 1. The highest BCUT2D eigenvalue weighted by molar-refractivity contribution is 6.38. The molecule has 1 atom stereocenters. The molecular formula is C20H20Cl2FN5O3. The van der Waals surface area contributed by atoms with E-state index >= 15 is 0 Å². The van der Waals surface area contributed by atoms with Crippen molar-refractivity contribution >= 4 is 46.5 Å². The van der Waals surface area contributed by atoms with Crippen LogP contribution >= 0.6 is 23.2 Å². The molecule has 11 heteroatoms. The molecule has 0 saturated heterocycles. The molecule has 1 aliphatic heterocycles. The van der Waals surface area contributed by atoms with E-state index in [9.17, 15) is 14.0 Å². The van der Waals surface area contributed by atoms with Gasteiger partial charge in [-0.25, -0.2) is 9.37 Å². The Morgan fingerprint density at radius 1 is 1.39 bits per heavy atom. The van der Waals surface area contributed by atoms with E-state index < -0.39 is 23.2 Å². The van der Waals surface area contributed by atoms with Crippen molar-refractivity contribution in [2.24, 2.45) is 10.7 Å². The maximum Gasteiger partial charge on any atom is 0.288 e. The second kappa shape index (κ2) is 9.17. The molecule has 1 aromatic carbocycles. The predicted octanol–water partition coefficient (Wildman–Crippen LogP) is 2.84. The van der Waals surface area contributed by atoms with Crippen molar-refractivity contribution in [2.75, 3.05) is 32.1 Å². The van der Waals surface area contributed by atoms with Crippen LogP contribution in [0.5, 0.6) is 0 Å². The van der Waals surface area contributed by atoms with Gasteiger partial charge in [0.2, 0.25) is 0 Å². The number of aromatic nitrogens is 1. The van der Waals surface area contributed by atoms with E-state index in [1.54, 1.807) is 6.92 Å². The number of amides is 2. The molecule has 0 bridgehead atoms. The molecule has 0 aliphatic carbocycles. The zero-order chi connectivity index (χ0) is 22.8. The van der Waals surface area contributed by atoms with Gasteiger partial charge in [0.1, 0.15) is 17.1 Å². The molecular weight excluding hydrogens is 448 g/mol. The SMILES string of the molecule is COCCN1CC(C)(c2cc(NC(=O)c3ncc(Cl)cc3Cl)ccc2F)N=C(N)C1=O. The molecule has 2 heterocycles. The Morgan fingerprint density at radius 3 is 2.81 bits per heavy atom. The lowest BCUT2D eigenvalue weighted by molar-refractivity contribution is -0.126. The number of pyridine rings is 1. The number of carbonyl (C=O) groups excluding carboxylic acids is 2. The average Bonchev–Trinajstić information content (AvgIpc) is 2.71. The minimum absolute atomic E-state index is 0.0283. The number of hydrogen-bond donors (Lipinski definition) is 2. The van der Waals surface area contributed by atoms with Gasteiger partial charge in [0.25, 0.3) is 11.8 Å². The quantitative estimate of drug-likeness (QED) is 0.678. The van der Waals surface area contributed by atoms with Gasteiger partial charge in [-0.3, -0.25) is 14.6 Å². The number of anilines is 1. The van der Waals surface area contributed by atoms with Gasteiger partial charge in [-0.15, -0.1) is 0 Å². The molecule has 0 saturated carbocycles. The van der Waals surface area contributed by atoms with Crippen LogP contribution < -0.4 is 11.1 Å². The number of nitrogens with two attached hydrogens (primary N) is 1. The van der Waals surface area contributed by atoms with Crippen molar-refractivity contribution in [3.8, 4) is 0 Å². The third kappa shape index (κ3) is 4.95. The van der Waals surface area contributed by atoms with Crippen LogP contribution in [0.1, 0.15) is 23.0 Å². The number of methoxy groups -OCH3 is 1. The lowest BCUT2D eigenvalue weighted by Crippen LogP contribution is -2.53. The Morgan fingerprint density at radius 2 is 2.13 bits per heavy atom. The van der Waals surface area contributed by atoms with Crippen LogP contribution in [-0.4, -0.2) is 54.3 Å². The highest BCUT2D eigenvalue weighted by atomic mass is 35.5. The van der Waals surface area contributed by atoms with Crippen molar-refractivity contribution in [3.05, 3.63) is 57.6 Å². The van der Waals surface area contributed by atoms with Gasteiger partial charge in [0.05, 0.1) is 23.2 Å². The predicted molar refractivity (Wildman–Crippen MR) is 116 cm³/mol. The van der Waals surface area contributed by atoms with Gasteiger partial charge in [0, 0.05) is 31.1 Å². The van der Waals surface area contributed by atoms with Gasteiger partial charge in [-0.2, -0.15) is 0 Å². The highest BCUT2D eigenvalue weighted by Crippen LogP contribution is 2.33. The number of amidine groups is 1. The summed E-state index contributed by atoms with van der Waals surface area (Å²) in [5.41, 5.74) is 5.09. The van der Waals surface area contributed by atoms with Gasteiger partial charge in [-0.1, -0.05) is 23.2 Å². The fourth-order valence-corrected chi connectivity index (χ4v) is 3.74. The average molecular weight is 468 g/mol. The number of nitrogens with zero attached hydrogens (tertiary/aromatic N) is 3. The molecule has 8 nitrogen and oxygen atoms in total. The Labute approximate surface area is 188 Å². The van der Waals surface area contributed by atoms with Crippen LogP contribution in [0.25, 0.3) is 0 Å². The van der Waals surface area contributed by atoms with Crippen LogP contribution in [0, 0.1) is 5.82 Å². The van der Waals surface area contributed by atoms with E-state index in [1.165, 1.54) is 42.5 Å². The highest BCUT2D eigenvalue weighted by Gasteiger charge is 2.39. The number of halogens is 3. The van der Waals surface area contributed by atoms with Crippen molar-refractivity contribution in [1.29, 1.82) is 0 Å². The number of rotatable bonds is 6. The van der Waals surface area contributed by atoms with E-state index in [0.29, 0.717) is 17.3 Å². The standard InChI is InChI=1S/C20H20Cl2FN5O3/c1-20(10-28(5-6-31-2)19(30)17(24)27-20)13-8-12(3-4-15(13)23)26-18(29)16-14(22)7-11(21)9-25-16/h3-4,7-9H,5-6,10H2,1-2H3,(H2,24,27)(H,26,29). The summed E-state index contributed by atoms with van der Waals surface area (Å²) in [4.78, 5) is 34.5. The van der Waals surface area contributed by atoms with Crippen LogP contribution in [0.4, 0.5) is 10.1 Å². The lowest BCUT2D eigenvalue weighted by atomic mass is 9.89. The van der Waals surface area contributed by atoms with E-state index in [4.69, 9.17) is 33.7 Å². The zero-order valence-corrected chi connectivity index (χ0v) is 18.3. The summed E-state index contributed by atoms with van der Waals surface area (Å²) in [6, 6.07) is 5.44. The Bertz CT molecular complexity index is 1070. The normalized spacial score (nSPS) is 18.7. The van der Waals surface area contributed by atoms with Gasteiger partial charge < -0.3 is 20.7 Å². The van der Waals surface area contributed by atoms with Crippen molar-refractivity contribution < 1.29 is 18.7 Å².